The highest BCUT2D eigenvalue weighted by Gasteiger charge is 2.23. The van der Waals surface area contributed by atoms with Crippen LogP contribution in [0, 0.1) is 13.8 Å². The summed E-state index contributed by atoms with van der Waals surface area (Å²) in [4.78, 5) is 24.2. The van der Waals surface area contributed by atoms with Gasteiger partial charge in [-0.25, -0.2) is 0 Å². The number of amides is 1. The molecule has 0 aliphatic heterocycles. The maximum Gasteiger partial charge on any atom is 0.220 e. The first-order valence-corrected chi connectivity index (χ1v) is 8.44. The summed E-state index contributed by atoms with van der Waals surface area (Å²) in [5.41, 5.74) is 2.43. The van der Waals surface area contributed by atoms with E-state index >= 15 is 0 Å². The molecule has 0 aromatic heterocycles. The number of ketones is 1. The quantitative estimate of drug-likeness (QED) is 0.761. The number of carbonyl (C=O) groups is 2. The summed E-state index contributed by atoms with van der Waals surface area (Å²) in [6.45, 7) is 5.72. The van der Waals surface area contributed by atoms with Crippen LogP contribution in [0.2, 0.25) is 0 Å². The number of hydrogen-bond donors (Lipinski definition) is 2. The average Bonchev–Trinajstić information content (AvgIpc) is 2.61. The van der Waals surface area contributed by atoms with Crippen LogP contribution in [0.5, 0.6) is 0 Å². The predicted molar refractivity (Wildman–Crippen MR) is 98.5 cm³/mol. The van der Waals surface area contributed by atoms with Crippen LogP contribution in [0.15, 0.2) is 48.5 Å². The number of aliphatic hydroxyl groups is 1. The fourth-order valence-electron chi connectivity index (χ4n) is 2.54. The molecular weight excluding hydrogens is 314 g/mol. The lowest BCUT2D eigenvalue weighted by Gasteiger charge is -2.24. The molecule has 0 aliphatic rings. The van der Waals surface area contributed by atoms with Gasteiger partial charge in [-0.1, -0.05) is 42.5 Å². The van der Waals surface area contributed by atoms with Crippen LogP contribution in [-0.4, -0.2) is 23.3 Å². The van der Waals surface area contributed by atoms with Crippen LogP contribution in [0.1, 0.15) is 46.8 Å². The van der Waals surface area contributed by atoms with Crippen molar-refractivity contribution in [3.63, 3.8) is 0 Å². The maximum absolute atomic E-state index is 12.2. The Balaban J connectivity index is 1.84. The van der Waals surface area contributed by atoms with Gasteiger partial charge in [0.1, 0.15) is 5.60 Å². The highest BCUT2D eigenvalue weighted by Crippen LogP contribution is 2.19. The van der Waals surface area contributed by atoms with Gasteiger partial charge in [0.25, 0.3) is 0 Å². The first-order valence-electron chi connectivity index (χ1n) is 8.44. The van der Waals surface area contributed by atoms with Crippen LogP contribution in [-0.2, 0) is 10.4 Å². The number of Topliss-reactive ketones (excluding diaryl/α,β-unsaturated/α-hetero) is 1. The lowest BCUT2D eigenvalue weighted by Crippen LogP contribution is -2.38. The summed E-state index contributed by atoms with van der Waals surface area (Å²) in [5, 5.41) is 13.2. The average molecular weight is 339 g/mol. The van der Waals surface area contributed by atoms with E-state index in [0.29, 0.717) is 5.56 Å². The molecule has 0 spiro atoms. The molecule has 0 saturated heterocycles. The molecule has 2 rings (SSSR count). The second kappa shape index (κ2) is 8.08. The Bertz CT molecular complexity index is 751. The number of nitrogens with one attached hydrogen (secondary N) is 1. The molecule has 1 amide bonds. The van der Waals surface area contributed by atoms with Crippen LogP contribution in [0.25, 0.3) is 0 Å². The molecule has 4 heteroatoms. The van der Waals surface area contributed by atoms with Crippen LogP contribution >= 0.6 is 0 Å². The van der Waals surface area contributed by atoms with E-state index in [4.69, 9.17) is 0 Å². The van der Waals surface area contributed by atoms with Crippen molar-refractivity contribution in [3.8, 4) is 0 Å². The number of rotatable bonds is 7. The predicted octanol–water partition coefficient (Wildman–Crippen LogP) is 3.29. The molecule has 0 aliphatic carbocycles. The van der Waals surface area contributed by atoms with E-state index in [9.17, 15) is 14.7 Å². The SMILES string of the molecule is Cc1ccc(C(=O)CCC(=O)NCC(C)(O)c2ccccc2)cc1C. The van der Waals surface area contributed by atoms with Gasteiger partial charge >= 0.3 is 0 Å². The van der Waals surface area contributed by atoms with E-state index in [1.54, 1.807) is 13.0 Å². The molecule has 2 aromatic carbocycles. The van der Waals surface area contributed by atoms with Crippen LogP contribution < -0.4 is 5.32 Å². The third-order valence-electron chi connectivity index (χ3n) is 4.43. The Hall–Kier alpha value is -2.46. The smallest absolute Gasteiger partial charge is 0.220 e. The van der Waals surface area contributed by atoms with Crippen molar-refractivity contribution < 1.29 is 14.7 Å². The van der Waals surface area contributed by atoms with Gasteiger partial charge in [-0.2, -0.15) is 0 Å². The number of hydrogen-bond acceptors (Lipinski definition) is 3. The molecule has 1 atom stereocenters. The van der Waals surface area contributed by atoms with Gasteiger partial charge in [-0.05, 0) is 43.5 Å². The first-order chi connectivity index (χ1) is 11.8. The second-order valence-corrected chi connectivity index (χ2v) is 6.64. The van der Waals surface area contributed by atoms with E-state index in [1.165, 1.54) is 0 Å². The summed E-state index contributed by atoms with van der Waals surface area (Å²) in [6, 6.07) is 14.8. The fourth-order valence-corrected chi connectivity index (χ4v) is 2.54. The molecule has 0 radical (unpaired) electrons. The first kappa shape index (κ1) is 18.9. The highest BCUT2D eigenvalue weighted by molar-refractivity contribution is 5.98. The van der Waals surface area contributed by atoms with Crippen molar-refractivity contribution in [1.29, 1.82) is 0 Å². The summed E-state index contributed by atoms with van der Waals surface area (Å²) in [7, 11) is 0. The lowest BCUT2D eigenvalue weighted by molar-refractivity contribution is -0.122. The van der Waals surface area contributed by atoms with E-state index in [1.807, 2.05) is 56.3 Å². The van der Waals surface area contributed by atoms with Gasteiger partial charge in [0.15, 0.2) is 5.78 Å². The number of benzene rings is 2. The van der Waals surface area contributed by atoms with Gasteiger partial charge in [0.05, 0.1) is 6.54 Å². The van der Waals surface area contributed by atoms with E-state index < -0.39 is 5.60 Å². The molecule has 1 unspecified atom stereocenters. The summed E-state index contributed by atoms with van der Waals surface area (Å²) < 4.78 is 0. The molecule has 4 nitrogen and oxygen atoms in total. The number of carbonyl (C=O) groups excluding carboxylic acids is 2. The van der Waals surface area contributed by atoms with Gasteiger partial charge in [-0.15, -0.1) is 0 Å². The molecule has 0 heterocycles. The molecule has 0 saturated carbocycles. The summed E-state index contributed by atoms with van der Waals surface area (Å²) in [5.74, 6) is -0.290. The Labute approximate surface area is 148 Å². The third kappa shape index (κ3) is 5.26. The van der Waals surface area contributed by atoms with Crippen molar-refractivity contribution in [2.75, 3.05) is 6.54 Å². The lowest BCUT2D eigenvalue weighted by atomic mass is 9.96. The monoisotopic (exact) mass is 339 g/mol. The number of aryl methyl sites for hydroxylation is 2. The van der Waals surface area contributed by atoms with Gasteiger partial charge in [-0.3, -0.25) is 9.59 Å². The van der Waals surface area contributed by atoms with Crippen molar-refractivity contribution in [1.82, 2.24) is 5.32 Å². The van der Waals surface area contributed by atoms with Crippen molar-refractivity contribution in [2.45, 2.75) is 39.2 Å². The zero-order chi connectivity index (χ0) is 18.4. The van der Waals surface area contributed by atoms with Gasteiger partial charge in [0.2, 0.25) is 5.91 Å². The minimum atomic E-state index is -1.14. The topological polar surface area (TPSA) is 66.4 Å². The third-order valence-corrected chi connectivity index (χ3v) is 4.43. The standard InChI is InChI=1S/C21H25NO3/c1-15-9-10-17(13-16(15)2)19(23)11-12-20(24)22-14-21(3,25)18-7-5-4-6-8-18/h4-10,13,25H,11-12,14H2,1-3H3,(H,22,24). The Morgan fingerprint density at radius 3 is 2.32 bits per heavy atom. The normalized spacial score (nSPS) is 13.1. The molecule has 0 bridgehead atoms. The molecule has 25 heavy (non-hydrogen) atoms. The summed E-state index contributed by atoms with van der Waals surface area (Å²) in [6.07, 6.45) is 0.262. The molecule has 2 N–H and O–H groups in total. The fraction of sp³-hybridized carbons (Fsp3) is 0.333. The molecule has 2 aromatic rings. The maximum atomic E-state index is 12.2. The molecule has 132 valence electrons. The zero-order valence-corrected chi connectivity index (χ0v) is 15.0. The Morgan fingerprint density at radius 2 is 1.68 bits per heavy atom. The van der Waals surface area contributed by atoms with E-state index in [-0.39, 0.29) is 31.1 Å². The molecule has 0 fully saturated rings. The Morgan fingerprint density at radius 1 is 1.00 bits per heavy atom. The Kier molecular flexibility index (Phi) is 6.10. The van der Waals surface area contributed by atoms with Gasteiger partial charge < -0.3 is 10.4 Å². The van der Waals surface area contributed by atoms with Crippen molar-refractivity contribution >= 4 is 11.7 Å². The molecular formula is C21H25NO3. The summed E-state index contributed by atoms with van der Waals surface area (Å²) >= 11 is 0. The van der Waals surface area contributed by atoms with E-state index in [0.717, 1.165) is 16.7 Å². The van der Waals surface area contributed by atoms with Gasteiger partial charge in [0, 0.05) is 18.4 Å². The second-order valence-electron chi connectivity index (χ2n) is 6.64. The largest absolute Gasteiger partial charge is 0.384 e. The van der Waals surface area contributed by atoms with Crippen LogP contribution in [0.4, 0.5) is 0 Å². The van der Waals surface area contributed by atoms with Crippen LogP contribution in [0.3, 0.4) is 0 Å². The van der Waals surface area contributed by atoms with E-state index in [2.05, 4.69) is 5.32 Å². The van der Waals surface area contributed by atoms with Crippen molar-refractivity contribution in [2.24, 2.45) is 0 Å². The minimum absolute atomic E-state index is 0.0481. The zero-order valence-electron chi connectivity index (χ0n) is 15.0. The minimum Gasteiger partial charge on any atom is -0.384 e. The van der Waals surface area contributed by atoms with Crippen molar-refractivity contribution in [3.05, 3.63) is 70.8 Å². The highest BCUT2D eigenvalue weighted by atomic mass is 16.3.